The summed E-state index contributed by atoms with van der Waals surface area (Å²) in [4.78, 5) is 0. The molecule has 1 aromatic carbocycles. The van der Waals surface area contributed by atoms with Crippen LogP contribution in [0, 0.1) is 6.92 Å². The van der Waals surface area contributed by atoms with Crippen LogP contribution in [0.3, 0.4) is 0 Å². The summed E-state index contributed by atoms with van der Waals surface area (Å²) in [6.07, 6.45) is -0.261. The van der Waals surface area contributed by atoms with Crippen molar-refractivity contribution >= 4 is 11.6 Å². The number of aryl methyl sites for hydroxylation is 1. The fraction of sp³-hybridized carbons (Fsp3) is 0.400. The van der Waals surface area contributed by atoms with Crippen LogP contribution >= 0.6 is 11.6 Å². The van der Waals surface area contributed by atoms with Crippen molar-refractivity contribution in [1.82, 2.24) is 5.32 Å². The van der Waals surface area contributed by atoms with Crippen molar-refractivity contribution in [2.75, 3.05) is 14.2 Å². The Bertz CT molecular complexity index is 328. The molecule has 0 saturated heterocycles. The van der Waals surface area contributed by atoms with E-state index in [2.05, 4.69) is 5.32 Å². The van der Waals surface area contributed by atoms with Gasteiger partial charge >= 0.3 is 0 Å². The minimum Gasteiger partial charge on any atom is -0.496 e. The molecular weight excluding hydrogens is 200 g/mol. The van der Waals surface area contributed by atoms with Gasteiger partial charge in [-0.15, -0.1) is 0 Å². The molecule has 0 fully saturated rings. The Kier molecular flexibility index (Phi) is 3.75. The van der Waals surface area contributed by atoms with Gasteiger partial charge in [0, 0.05) is 10.6 Å². The number of hydrogen-bond donors (Lipinski definition) is 2. The van der Waals surface area contributed by atoms with E-state index in [0.29, 0.717) is 5.02 Å². The first-order chi connectivity index (χ1) is 6.60. The maximum Gasteiger partial charge on any atom is 0.125 e. The number of halogens is 1. The topological polar surface area (TPSA) is 47.3 Å². The fourth-order valence-corrected chi connectivity index (χ4v) is 1.42. The van der Waals surface area contributed by atoms with Crippen LogP contribution in [0.1, 0.15) is 17.3 Å². The smallest absolute Gasteiger partial charge is 0.125 e. The first kappa shape index (κ1) is 11.3. The molecule has 14 heavy (non-hydrogen) atoms. The summed E-state index contributed by atoms with van der Waals surface area (Å²) in [5.74, 6) is 0.758. The Morgan fingerprint density at radius 2 is 2.14 bits per heavy atom. The zero-order chi connectivity index (χ0) is 10.7. The van der Waals surface area contributed by atoms with E-state index < -0.39 is 0 Å². The van der Waals surface area contributed by atoms with Crippen molar-refractivity contribution in [1.29, 1.82) is 0 Å². The van der Waals surface area contributed by atoms with Crippen molar-refractivity contribution in [2.24, 2.45) is 5.73 Å². The second kappa shape index (κ2) is 4.64. The van der Waals surface area contributed by atoms with Gasteiger partial charge in [-0.05, 0) is 31.7 Å². The van der Waals surface area contributed by atoms with Crippen LogP contribution in [0.25, 0.3) is 0 Å². The predicted molar refractivity (Wildman–Crippen MR) is 58.7 cm³/mol. The highest BCUT2D eigenvalue weighted by molar-refractivity contribution is 6.31. The van der Waals surface area contributed by atoms with Gasteiger partial charge in [0.2, 0.25) is 0 Å². The van der Waals surface area contributed by atoms with E-state index in [-0.39, 0.29) is 6.17 Å². The van der Waals surface area contributed by atoms with Crippen LogP contribution in [-0.2, 0) is 0 Å². The molecule has 0 aliphatic heterocycles. The van der Waals surface area contributed by atoms with E-state index >= 15 is 0 Å². The lowest BCUT2D eigenvalue weighted by molar-refractivity contribution is 0.402. The molecule has 3 N–H and O–H groups in total. The number of rotatable bonds is 3. The van der Waals surface area contributed by atoms with Crippen LogP contribution in [0.5, 0.6) is 5.75 Å². The highest BCUT2D eigenvalue weighted by atomic mass is 35.5. The molecule has 1 unspecified atom stereocenters. The molecule has 3 nitrogen and oxygen atoms in total. The van der Waals surface area contributed by atoms with Crippen LogP contribution in [0.4, 0.5) is 0 Å². The van der Waals surface area contributed by atoms with Crippen molar-refractivity contribution in [3.63, 3.8) is 0 Å². The summed E-state index contributed by atoms with van der Waals surface area (Å²) in [6.45, 7) is 1.93. The quantitative estimate of drug-likeness (QED) is 0.755. The van der Waals surface area contributed by atoms with Crippen molar-refractivity contribution < 1.29 is 4.74 Å². The van der Waals surface area contributed by atoms with Crippen LogP contribution in [0.15, 0.2) is 12.1 Å². The van der Waals surface area contributed by atoms with E-state index in [9.17, 15) is 0 Å². The van der Waals surface area contributed by atoms with Gasteiger partial charge in [0.15, 0.2) is 0 Å². The maximum atomic E-state index is 6.00. The average Bonchev–Trinajstić information content (AvgIpc) is 2.20. The van der Waals surface area contributed by atoms with Gasteiger partial charge < -0.3 is 15.8 Å². The molecule has 0 amide bonds. The lowest BCUT2D eigenvalue weighted by Gasteiger charge is -2.16. The zero-order valence-corrected chi connectivity index (χ0v) is 9.35. The van der Waals surface area contributed by atoms with Crippen molar-refractivity contribution in [2.45, 2.75) is 13.1 Å². The number of nitrogens with one attached hydrogen (secondary N) is 1. The summed E-state index contributed by atoms with van der Waals surface area (Å²) in [5.41, 5.74) is 7.69. The first-order valence-corrected chi connectivity index (χ1v) is 4.74. The van der Waals surface area contributed by atoms with E-state index in [0.717, 1.165) is 16.9 Å². The van der Waals surface area contributed by atoms with Gasteiger partial charge in [0.05, 0.1) is 13.3 Å². The van der Waals surface area contributed by atoms with Crippen LogP contribution in [0.2, 0.25) is 5.02 Å². The number of benzene rings is 1. The molecule has 4 heteroatoms. The molecule has 0 radical (unpaired) electrons. The lowest BCUT2D eigenvalue weighted by Crippen LogP contribution is -2.25. The molecular formula is C10H15ClN2O. The van der Waals surface area contributed by atoms with E-state index in [1.165, 1.54) is 0 Å². The Hall–Kier alpha value is -0.770. The molecule has 1 atom stereocenters. The summed E-state index contributed by atoms with van der Waals surface area (Å²) in [7, 11) is 3.41. The molecule has 1 aromatic rings. The van der Waals surface area contributed by atoms with E-state index in [1.54, 1.807) is 14.2 Å². The van der Waals surface area contributed by atoms with Gasteiger partial charge in [-0.2, -0.15) is 0 Å². The van der Waals surface area contributed by atoms with E-state index in [1.807, 2.05) is 19.1 Å². The van der Waals surface area contributed by atoms with Gasteiger partial charge in [-0.3, -0.25) is 0 Å². The molecule has 78 valence electrons. The summed E-state index contributed by atoms with van der Waals surface area (Å²) in [5, 5.41) is 3.64. The number of hydrogen-bond acceptors (Lipinski definition) is 3. The minimum absolute atomic E-state index is 0.261. The second-order valence-corrected chi connectivity index (χ2v) is 3.52. The zero-order valence-electron chi connectivity index (χ0n) is 8.60. The first-order valence-electron chi connectivity index (χ1n) is 4.37. The summed E-state index contributed by atoms with van der Waals surface area (Å²) < 4.78 is 5.23. The predicted octanol–water partition coefficient (Wildman–Crippen LogP) is 1.83. The molecule has 1 rings (SSSR count). The van der Waals surface area contributed by atoms with Gasteiger partial charge in [-0.1, -0.05) is 11.6 Å². The third kappa shape index (κ3) is 2.18. The van der Waals surface area contributed by atoms with Crippen molar-refractivity contribution in [3.05, 3.63) is 28.3 Å². The van der Waals surface area contributed by atoms with Gasteiger partial charge in [0.1, 0.15) is 5.75 Å². The lowest BCUT2D eigenvalue weighted by atomic mass is 10.1. The largest absolute Gasteiger partial charge is 0.496 e. The third-order valence-electron chi connectivity index (χ3n) is 2.16. The van der Waals surface area contributed by atoms with Crippen LogP contribution in [-0.4, -0.2) is 14.2 Å². The average molecular weight is 215 g/mol. The van der Waals surface area contributed by atoms with Gasteiger partial charge in [0.25, 0.3) is 0 Å². The summed E-state index contributed by atoms with van der Waals surface area (Å²) >= 11 is 6.00. The molecule has 0 aliphatic carbocycles. The highest BCUT2D eigenvalue weighted by Crippen LogP contribution is 2.28. The molecule has 0 aromatic heterocycles. The highest BCUT2D eigenvalue weighted by Gasteiger charge is 2.12. The van der Waals surface area contributed by atoms with Gasteiger partial charge in [-0.25, -0.2) is 0 Å². The van der Waals surface area contributed by atoms with Crippen LogP contribution < -0.4 is 15.8 Å². The molecule has 0 spiro atoms. The summed E-state index contributed by atoms with van der Waals surface area (Å²) in [6, 6.07) is 3.71. The molecule has 0 aliphatic rings. The Morgan fingerprint density at radius 3 is 2.64 bits per heavy atom. The second-order valence-electron chi connectivity index (χ2n) is 3.11. The maximum absolute atomic E-state index is 6.00. The minimum atomic E-state index is -0.261. The van der Waals surface area contributed by atoms with Crippen molar-refractivity contribution in [3.8, 4) is 5.75 Å². The number of methoxy groups -OCH3 is 1. The number of nitrogens with two attached hydrogens (primary N) is 1. The SMILES string of the molecule is CNC(N)c1cc(Cl)c(C)cc1OC. The van der Waals surface area contributed by atoms with E-state index in [4.69, 9.17) is 22.1 Å². The standard InChI is InChI=1S/C10H15ClN2O/c1-6-4-9(14-3)7(5-8(6)11)10(12)13-2/h4-5,10,13H,12H2,1-3H3. The Balaban J connectivity index is 3.19. The Labute approximate surface area is 89.2 Å². The third-order valence-corrected chi connectivity index (χ3v) is 2.56. The monoisotopic (exact) mass is 214 g/mol. The molecule has 0 bridgehead atoms. The number of ether oxygens (including phenoxy) is 1. The normalized spacial score (nSPS) is 12.6. The Morgan fingerprint density at radius 1 is 1.50 bits per heavy atom. The fourth-order valence-electron chi connectivity index (χ4n) is 1.25. The molecule has 0 saturated carbocycles. The molecule has 0 heterocycles.